The van der Waals surface area contributed by atoms with Crippen molar-refractivity contribution in [1.82, 2.24) is 0 Å². The van der Waals surface area contributed by atoms with Gasteiger partial charge in [-0.15, -0.1) is 0 Å². The van der Waals surface area contributed by atoms with Gasteiger partial charge in [-0.25, -0.2) is 4.39 Å². The third-order valence-corrected chi connectivity index (χ3v) is 2.96. The zero-order chi connectivity index (χ0) is 11.4. The molecular weight excluding hydrogens is 199 g/mol. The third kappa shape index (κ3) is 2.82. The predicted molar refractivity (Wildman–Crippen MR) is 66.3 cm³/mol. The van der Waals surface area contributed by atoms with E-state index in [2.05, 4.69) is 31.2 Å². The molecule has 0 fully saturated rings. The number of allylic oxidation sites excluding steroid dienone is 4. The van der Waals surface area contributed by atoms with E-state index in [1.165, 1.54) is 16.7 Å². The van der Waals surface area contributed by atoms with Gasteiger partial charge in [-0.2, -0.15) is 0 Å². The molecule has 1 aliphatic carbocycles. The highest BCUT2D eigenvalue weighted by Gasteiger charge is 2.06. The quantitative estimate of drug-likeness (QED) is 0.716. The van der Waals surface area contributed by atoms with E-state index >= 15 is 0 Å². The first-order valence-electron chi connectivity index (χ1n) is 5.87. The van der Waals surface area contributed by atoms with Crippen LogP contribution in [0.3, 0.4) is 0 Å². The fourth-order valence-corrected chi connectivity index (χ4v) is 1.90. The van der Waals surface area contributed by atoms with E-state index in [0.29, 0.717) is 6.42 Å². The van der Waals surface area contributed by atoms with Crippen LogP contribution in [0.5, 0.6) is 0 Å². The summed E-state index contributed by atoms with van der Waals surface area (Å²) in [6.45, 7) is 2.16. The molecule has 0 radical (unpaired) electrons. The summed E-state index contributed by atoms with van der Waals surface area (Å²) in [5.74, 6) is 0. The van der Waals surface area contributed by atoms with Gasteiger partial charge in [-0.05, 0) is 29.5 Å². The normalized spacial score (nSPS) is 19.6. The monoisotopic (exact) mass is 216 g/mol. The van der Waals surface area contributed by atoms with E-state index in [4.69, 9.17) is 0 Å². The van der Waals surface area contributed by atoms with Crippen LogP contribution in [0.15, 0.2) is 48.1 Å². The van der Waals surface area contributed by atoms with Crippen LogP contribution in [-0.2, 0) is 12.8 Å². The summed E-state index contributed by atoms with van der Waals surface area (Å²) >= 11 is 0. The number of aryl methyl sites for hydroxylation is 1. The molecule has 1 atom stereocenters. The molecule has 0 aromatic heterocycles. The zero-order valence-electron chi connectivity index (χ0n) is 9.62. The molecule has 0 bridgehead atoms. The first kappa shape index (κ1) is 11.1. The molecule has 1 aromatic carbocycles. The molecule has 84 valence electrons. The SMILES string of the molecule is CCc1ccc(CC2=CCC(F)C=C2)cc1. The summed E-state index contributed by atoms with van der Waals surface area (Å²) in [6.07, 6.45) is 7.28. The van der Waals surface area contributed by atoms with Gasteiger partial charge in [0.15, 0.2) is 0 Å². The summed E-state index contributed by atoms with van der Waals surface area (Å²) in [7, 11) is 0. The molecule has 1 aliphatic rings. The lowest BCUT2D eigenvalue weighted by atomic mass is 9.98. The summed E-state index contributed by atoms with van der Waals surface area (Å²) in [4.78, 5) is 0. The molecule has 1 aromatic rings. The Morgan fingerprint density at radius 1 is 1.19 bits per heavy atom. The van der Waals surface area contributed by atoms with E-state index in [1.807, 2.05) is 12.2 Å². The van der Waals surface area contributed by atoms with Crippen molar-refractivity contribution in [2.45, 2.75) is 32.4 Å². The van der Waals surface area contributed by atoms with Gasteiger partial charge in [0.2, 0.25) is 0 Å². The van der Waals surface area contributed by atoms with Crippen LogP contribution < -0.4 is 0 Å². The lowest BCUT2D eigenvalue weighted by Gasteiger charge is -2.10. The van der Waals surface area contributed by atoms with Crippen LogP contribution in [0.2, 0.25) is 0 Å². The first-order valence-corrected chi connectivity index (χ1v) is 5.87. The van der Waals surface area contributed by atoms with E-state index < -0.39 is 6.17 Å². The van der Waals surface area contributed by atoms with Gasteiger partial charge in [0, 0.05) is 6.42 Å². The topological polar surface area (TPSA) is 0 Å². The number of benzene rings is 1. The molecular formula is C15H17F. The second kappa shape index (κ2) is 5.11. The fraction of sp³-hybridized carbons (Fsp3) is 0.333. The first-order chi connectivity index (χ1) is 7.78. The highest BCUT2D eigenvalue weighted by atomic mass is 19.1. The Bertz CT molecular complexity index is 398. The van der Waals surface area contributed by atoms with E-state index in [1.54, 1.807) is 6.08 Å². The summed E-state index contributed by atoms with van der Waals surface area (Å²) in [5.41, 5.74) is 3.88. The van der Waals surface area contributed by atoms with Crippen LogP contribution in [0.4, 0.5) is 4.39 Å². The molecule has 2 rings (SSSR count). The number of hydrogen-bond donors (Lipinski definition) is 0. The molecule has 0 saturated carbocycles. The van der Waals surface area contributed by atoms with Crippen molar-refractivity contribution >= 4 is 0 Å². The Hall–Kier alpha value is -1.37. The number of hydrogen-bond acceptors (Lipinski definition) is 0. The van der Waals surface area contributed by atoms with Crippen molar-refractivity contribution in [1.29, 1.82) is 0 Å². The maximum Gasteiger partial charge on any atom is 0.122 e. The molecule has 0 aliphatic heterocycles. The number of alkyl halides is 1. The second-order valence-corrected chi connectivity index (χ2v) is 4.24. The molecule has 0 N–H and O–H groups in total. The molecule has 1 heteroatoms. The molecule has 0 spiro atoms. The molecule has 1 unspecified atom stereocenters. The highest BCUT2D eigenvalue weighted by Crippen LogP contribution is 2.17. The molecule has 0 nitrogen and oxygen atoms in total. The fourth-order valence-electron chi connectivity index (χ4n) is 1.90. The van der Waals surface area contributed by atoms with Gasteiger partial charge in [-0.1, -0.05) is 49.4 Å². The Labute approximate surface area is 96.5 Å². The smallest absolute Gasteiger partial charge is 0.122 e. The Morgan fingerprint density at radius 3 is 2.44 bits per heavy atom. The van der Waals surface area contributed by atoms with Gasteiger partial charge >= 0.3 is 0 Å². The molecule has 0 heterocycles. The lowest BCUT2D eigenvalue weighted by molar-refractivity contribution is 0.400. The highest BCUT2D eigenvalue weighted by molar-refractivity contribution is 5.32. The van der Waals surface area contributed by atoms with Crippen molar-refractivity contribution in [2.24, 2.45) is 0 Å². The van der Waals surface area contributed by atoms with E-state index in [0.717, 1.165) is 12.8 Å². The van der Waals surface area contributed by atoms with Crippen LogP contribution >= 0.6 is 0 Å². The van der Waals surface area contributed by atoms with E-state index in [9.17, 15) is 4.39 Å². The number of halogens is 1. The minimum atomic E-state index is -0.786. The predicted octanol–water partition coefficient (Wildman–Crippen LogP) is 4.02. The standard InChI is InChI=1S/C15H17F/c1-2-12-3-5-13(6-4-12)11-14-7-9-15(16)10-8-14/h3-9,15H,2,10-11H2,1H3. The van der Waals surface area contributed by atoms with Crippen LogP contribution in [0, 0.1) is 0 Å². The maximum atomic E-state index is 12.9. The van der Waals surface area contributed by atoms with Crippen LogP contribution in [0.25, 0.3) is 0 Å². The van der Waals surface area contributed by atoms with Crippen LogP contribution in [-0.4, -0.2) is 6.17 Å². The van der Waals surface area contributed by atoms with Crippen molar-refractivity contribution in [3.63, 3.8) is 0 Å². The van der Waals surface area contributed by atoms with Crippen molar-refractivity contribution in [2.75, 3.05) is 0 Å². The third-order valence-electron chi connectivity index (χ3n) is 2.96. The Morgan fingerprint density at radius 2 is 1.88 bits per heavy atom. The van der Waals surface area contributed by atoms with Gasteiger partial charge in [0.25, 0.3) is 0 Å². The molecule has 0 saturated heterocycles. The van der Waals surface area contributed by atoms with Gasteiger partial charge < -0.3 is 0 Å². The number of rotatable bonds is 3. The Balaban J connectivity index is 2.01. The van der Waals surface area contributed by atoms with Gasteiger partial charge in [0.1, 0.15) is 6.17 Å². The van der Waals surface area contributed by atoms with Crippen molar-refractivity contribution in [3.8, 4) is 0 Å². The molecule has 16 heavy (non-hydrogen) atoms. The lowest BCUT2D eigenvalue weighted by Crippen LogP contribution is -2.00. The summed E-state index contributed by atoms with van der Waals surface area (Å²) in [6, 6.07) is 8.66. The largest absolute Gasteiger partial charge is 0.243 e. The molecule has 0 amide bonds. The maximum absolute atomic E-state index is 12.9. The second-order valence-electron chi connectivity index (χ2n) is 4.24. The average Bonchev–Trinajstić information content (AvgIpc) is 2.33. The van der Waals surface area contributed by atoms with E-state index in [-0.39, 0.29) is 0 Å². The Kier molecular flexibility index (Phi) is 3.55. The minimum Gasteiger partial charge on any atom is -0.243 e. The summed E-state index contributed by atoms with van der Waals surface area (Å²) < 4.78 is 12.9. The van der Waals surface area contributed by atoms with Gasteiger partial charge in [0.05, 0.1) is 0 Å². The average molecular weight is 216 g/mol. The van der Waals surface area contributed by atoms with Crippen LogP contribution in [0.1, 0.15) is 24.5 Å². The minimum absolute atomic E-state index is 0.527. The van der Waals surface area contributed by atoms with Gasteiger partial charge in [-0.3, -0.25) is 0 Å². The van der Waals surface area contributed by atoms with Crippen molar-refractivity contribution in [3.05, 3.63) is 59.2 Å². The summed E-state index contributed by atoms with van der Waals surface area (Å²) in [5, 5.41) is 0. The van der Waals surface area contributed by atoms with Crippen molar-refractivity contribution < 1.29 is 4.39 Å². The zero-order valence-corrected chi connectivity index (χ0v) is 9.62.